The molecule has 0 N–H and O–H groups in total. The zero-order chi connectivity index (χ0) is 15.4. The number of carbonyl (C=O) groups excluding carboxylic acids is 1. The van der Waals surface area contributed by atoms with Crippen LogP contribution in [0.5, 0.6) is 5.75 Å². The van der Waals surface area contributed by atoms with Gasteiger partial charge in [-0.3, -0.25) is 4.79 Å². The average molecular weight is 306 g/mol. The van der Waals surface area contributed by atoms with Crippen LogP contribution in [0.4, 0.5) is 4.39 Å². The average Bonchev–Trinajstić information content (AvgIpc) is 3.18. The molecule has 0 unspecified atom stereocenters. The molecular weight excluding hydrogens is 283 g/mol. The van der Waals surface area contributed by atoms with E-state index in [1.807, 2.05) is 4.90 Å². The van der Waals surface area contributed by atoms with E-state index in [9.17, 15) is 9.18 Å². The molecule has 22 heavy (non-hydrogen) atoms. The molecule has 2 aliphatic rings. The molecule has 1 amide bonds. The fourth-order valence-corrected chi connectivity index (χ4v) is 3.40. The molecule has 2 heterocycles. The molecule has 1 atom stereocenters. The monoisotopic (exact) mass is 306 g/mol. The van der Waals surface area contributed by atoms with Crippen molar-refractivity contribution in [1.29, 1.82) is 0 Å². The first kappa shape index (κ1) is 15.3. The van der Waals surface area contributed by atoms with Crippen LogP contribution >= 0.6 is 0 Å². The minimum atomic E-state index is -0.426. The Morgan fingerprint density at radius 1 is 1.18 bits per heavy atom. The summed E-state index contributed by atoms with van der Waals surface area (Å²) < 4.78 is 18.9. The minimum absolute atomic E-state index is 0.0371. The molecule has 0 bridgehead atoms. The topological polar surface area (TPSA) is 32.8 Å². The molecule has 0 radical (unpaired) electrons. The SMILES string of the molecule is O=C(COc1ccccc1F)N1CCC[C@@H]1CN1CCCC1. The van der Waals surface area contributed by atoms with Crippen LogP contribution in [-0.2, 0) is 4.79 Å². The van der Waals surface area contributed by atoms with E-state index in [0.717, 1.165) is 39.0 Å². The Kier molecular flexibility index (Phi) is 4.93. The number of carbonyl (C=O) groups is 1. The number of nitrogens with zero attached hydrogens (tertiary/aromatic N) is 2. The summed E-state index contributed by atoms with van der Waals surface area (Å²) in [5, 5.41) is 0. The molecule has 0 aromatic heterocycles. The first-order chi connectivity index (χ1) is 10.7. The van der Waals surface area contributed by atoms with Crippen LogP contribution in [0.25, 0.3) is 0 Å². The molecule has 120 valence electrons. The summed E-state index contributed by atoms with van der Waals surface area (Å²) in [5.74, 6) is -0.318. The molecule has 2 fully saturated rings. The zero-order valence-corrected chi connectivity index (χ0v) is 12.8. The molecule has 1 aromatic rings. The van der Waals surface area contributed by atoms with Crippen LogP contribution in [-0.4, -0.2) is 54.5 Å². The van der Waals surface area contributed by atoms with E-state index < -0.39 is 5.82 Å². The lowest BCUT2D eigenvalue weighted by atomic mass is 10.2. The van der Waals surface area contributed by atoms with Gasteiger partial charge in [0.25, 0.3) is 5.91 Å². The fraction of sp³-hybridized carbons (Fsp3) is 0.588. The van der Waals surface area contributed by atoms with Crippen LogP contribution in [0.1, 0.15) is 25.7 Å². The second-order valence-electron chi connectivity index (χ2n) is 6.11. The molecule has 3 rings (SSSR count). The van der Waals surface area contributed by atoms with Gasteiger partial charge in [-0.1, -0.05) is 12.1 Å². The van der Waals surface area contributed by atoms with Crippen molar-refractivity contribution in [2.24, 2.45) is 0 Å². The third-order valence-corrected chi connectivity index (χ3v) is 4.55. The molecule has 2 aliphatic heterocycles. The maximum atomic E-state index is 13.5. The summed E-state index contributed by atoms with van der Waals surface area (Å²) in [7, 11) is 0. The molecule has 0 aliphatic carbocycles. The zero-order valence-electron chi connectivity index (χ0n) is 12.8. The van der Waals surface area contributed by atoms with Crippen molar-refractivity contribution >= 4 is 5.91 Å². The lowest BCUT2D eigenvalue weighted by molar-refractivity contribution is -0.134. The summed E-state index contributed by atoms with van der Waals surface area (Å²) in [6.45, 7) is 3.95. The van der Waals surface area contributed by atoms with Gasteiger partial charge in [0.05, 0.1) is 0 Å². The maximum Gasteiger partial charge on any atom is 0.260 e. The summed E-state index contributed by atoms with van der Waals surface area (Å²) in [5.41, 5.74) is 0. The van der Waals surface area contributed by atoms with Gasteiger partial charge in [-0.2, -0.15) is 0 Å². The predicted molar refractivity (Wildman–Crippen MR) is 82.3 cm³/mol. The molecule has 0 saturated carbocycles. The third kappa shape index (κ3) is 3.58. The van der Waals surface area contributed by atoms with Crippen molar-refractivity contribution in [2.75, 3.05) is 32.8 Å². The highest BCUT2D eigenvalue weighted by Crippen LogP contribution is 2.21. The van der Waals surface area contributed by atoms with Crippen LogP contribution in [0.15, 0.2) is 24.3 Å². The van der Waals surface area contributed by atoms with Crippen molar-refractivity contribution in [3.05, 3.63) is 30.1 Å². The van der Waals surface area contributed by atoms with E-state index in [4.69, 9.17) is 4.74 Å². The largest absolute Gasteiger partial charge is 0.481 e. The summed E-state index contributed by atoms with van der Waals surface area (Å²) >= 11 is 0. The van der Waals surface area contributed by atoms with Gasteiger partial charge in [0, 0.05) is 19.1 Å². The maximum absolute atomic E-state index is 13.5. The highest BCUT2D eigenvalue weighted by atomic mass is 19.1. The van der Waals surface area contributed by atoms with Gasteiger partial charge in [-0.15, -0.1) is 0 Å². The number of hydrogen-bond acceptors (Lipinski definition) is 3. The lowest BCUT2D eigenvalue weighted by Crippen LogP contribution is -2.44. The number of benzene rings is 1. The van der Waals surface area contributed by atoms with Crippen LogP contribution < -0.4 is 4.74 Å². The van der Waals surface area contributed by atoms with Crippen LogP contribution in [0.2, 0.25) is 0 Å². The Morgan fingerprint density at radius 2 is 1.95 bits per heavy atom. The first-order valence-electron chi connectivity index (χ1n) is 8.13. The lowest BCUT2D eigenvalue weighted by Gasteiger charge is -2.28. The Labute approximate surface area is 130 Å². The molecular formula is C17H23FN2O2. The normalized spacial score (nSPS) is 22.2. The molecule has 4 nitrogen and oxygen atoms in total. The first-order valence-corrected chi connectivity index (χ1v) is 8.13. The highest BCUT2D eigenvalue weighted by molar-refractivity contribution is 5.78. The Bertz CT molecular complexity index is 517. The smallest absolute Gasteiger partial charge is 0.260 e. The van der Waals surface area contributed by atoms with Gasteiger partial charge < -0.3 is 14.5 Å². The number of para-hydroxylation sites is 1. The van der Waals surface area contributed by atoms with E-state index in [2.05, 4.69) is 4.90 Å². The summed E-state index contributed by atoms with van der Waals surface area (Å²) in [4.78, 5) is 16.7. The van der Waals surface area contributed by atoms with Gasteiger partial charge in [-0.05, 0) is 50.9 Å². The van der Waals surface area contributed by atoms with Gasteiger partial charge in [0.2, 0.25) is 0 Å². The van der Waals surface area contributed by atoms with Crippen LogP contribution in [0, 0.1) is 5.82 Å². The minimum Gasteiger partial charge on any atom is -0.481 e. The van der Waals surface area contributed by atoms with Gasteiger partial charge in [0.15, 0.2) is 18.2 Å². The van der Waals surface area contributed by atoms with E-state index in [1.165, 1.54) is 18.9 Å². The number of ether oxygens (including phenoxy) is 1. The van der Waals surface area contributed by atoms with Crippen molar-refractivity contribution in [2.45, 2.75) is 31.7 Å². The second-order valence-corrected chi connectivity index (χ2v) is 6.11. The highest BCUT2D eigenvalue weighted by Gasteiger charge is 2.30. The third-order valence-electron chi connectivity index (χ3n) is 4.55. The van der Waals surface area contributed by atoms with Crippen molar-refractivity contribution in [3.8, 4) is 5.75 Å². The summed E-state index contributed by atoms with van der Waals surface area (Å²) in [6.07, 6.45) is 4.63. The number of halogens is 1. The van der Waals surface area contributed by atoms with Crippen molar-refractivity contribution < 1.29 is 13.9 Å². The molecule has 1 aromatic carbocycles. The number of hydrogen-bond donors (Lipinski definition) is 0. The Balaban J connectivity index is 1.53. The van der Waals surface area contributed by atoms with Gasteiger partial charge in [-0.25, -0.2) is 4.39 Å². The number of rotatable bonds is 5. The Hall–Kier alpha value is -1.62. The van der Waals surface area contributed by atoms with Gasteiger partial charge >= 0.3 is 0 Å². The molecule has 5 heteroatoms. The fourth-order valence-electron chi connectivity index (χ4n) is 3.40. The predicted octanol–water partition coefficient (Wildman–Crippen LogP) is 2.29. The Morgan fingerprint density at radius 3 is 2.73 bits per heavy atom. The van der Waals surface area contributed by atoms with E-state index in [-0.39, 0.29) is 24.3 Å². The number of amides is 1. The van der Waals surface area contributed by atoms with E-state index in [0.29, 0.717) is 0 Å². The van der Waals surface area contributed by atoms with Crippen molar-refractivity contribution in [3.63, 3.8) is 0 Å². The molecule has 0 spiro atoms. The quantitative estimate of drug-likeness (QED) is 0.837. The standard InChI is InChI=1S/C17H23FN2O2/c18-15-7-1-2-8-16(15)22-13-17(21)20-11-5-6-14(20)12-19-9-3-4-10-19/h1-2,7-8,14H,3-6,9-13H2/t14-/m1/s1. The molecule has 2 saturated heterocycles. The summed E-state index contributed by atoms with van der Waals surface area (Å²) in [6, 6.07) is 6.49. The van der Waals surface area contributed by atoms with Crippen molar-refractivity contribution in [1.82, 2.24) is 9.80 Å². The van der Waals surface area contributed by atoms with Gasteiger partial charge in [0.1, 0.15) is 0 Å². The van der Waals surface area contributed by atoms with E-state index in [1.54, 1.807) is 18.2 Å². The number of likely N-dealkylation sites (tertiary alicyclic amines) is 2. The van der Waals surface area contributed by atoms with E-state index >= 15 is 0 Å². The van der Waals surface area contributed by atoms with Crippen LogP contribution in [0.3, 0.4) is 0 Å². The second kappa shape index (κ2) is 7.09.